The Hall–Kier alpha value is -2.00. The number of carbonyl (C=O) groups excluding carboxylic acids is 2. The fourth-order valence-corrected chi connectivity index (χ4v) is 3.36. The van der Waals surface area contributed by atoms with Crippen LogP contribution in [0.5, 0.6) is 0 Å². The minimum absolute atomic E-state index is 0.0187. The molecule has 21 heavy (non-hydrogen) atoms. The summed E-state index contributed by atoms with van der Waals surface area (Å²) in [5.74, 6) is -0.608. The number of anilines is 1. The molecule has 0 bridgehead atoms. The van der Waals surface area contributed by atoms with E-state index in [1.807, 2.05) is 31.2 Å². The van der Waals surface area contributed by atoms with Crippen molar-refractivity contribution >= 4 is 29.3 Å². The van der Waals surface area contributed by atoms with Gasteiger partial charge in [0.2, 0.25) is 5.91 Å². The smallest absolute Gasteiger partial charge is 0.307 e. The van der Waals surface area contributed by atoms with Gasteiger partial charge in [-0.2, -0.15) is 5.26 Å². The summed E-state index contributed by atoms with van der Waals surface area (Å²) in [7, 11) is 0. The minimum Gasteiger partial charge on any atom is -0.466 e. The number of hydrogen-bond acceptors (Lipinski definition) is 5. The lowest BCUT2D eigenvalue weighted by atomic mass is 10.1. The summed E-state index contributed by atoms with van der Waals surface area (Å²) < 4.78 is 4.91. The molecule has 0 spiro atoms. The molecule has 0 radical (unpaired) electrons. The Labute approximate surface area is 127 Å². The van der Waals surface area contributed by atoms with Crippen molar-refractivity contribution in [3.8, 4) is 6.07 Å². The van der Waals surface area contributed by atoms with Gasteiger partial charge in [0.05, 0.1) is 30.0 Å². The van der Waals surface area contributed by atoms with E-state index in [1.54, 1.807) is 6.92 Å². The van der Waals surface area contributed by atoms with E-state index in [0.717, 1.165) is 16.1 Å². The Bertz CT molecular complexity index is 609. The van der Waals surface area contributed by atoms with Gasteiger partial charge < -0.3 is 4.74 Å². The standard InChI is InChI=1S/C15H16N2O3S/c1-3-20-14(18)9-13-15(19)17(7-6-16)11-8-10(2)4-5-12(11)21-13/h4-5,8,13H,3,7,9H2,1-2H3. The lowest BCUT2D eigenvalue weighted by Crippen LogP contribution is -2.42. The Morgan fingerprint density at radius 3 is 2.95 bits per heavy atom. The number of esters is 1. The Kier molecular flexibility index (Phi) is 4.86. The molecule has 1 unspecified atom stereocenters. The number of aryl methyl sites for hydroxylation is 1. The molecule has 1 heterocycles. The second kappa shape index (κ2) is 6.64. The summed E-state index contributed by atoms with van der Waals surface area (Å²) in [6.07, 6.45) is 0.0204. The van der Waals surface area contributed by atoms with Gasteiger partial charge in [-0.25, -0.2) is 0 Å². The molecule has 6 heteroatoms. The van der Waals surface area contributed by atoms with Crippen LogP contribution >= 0.6 is 11.8 Å². The van der Waals surface area contributed by atoms with Gasteiger partial charge in [-0.15, -0.1) is 11.8 Å². The monoisotopic (exact) mass is 304 g/mol. The van der Waals surface area contributed by atoms with E-state index in [-0.39, 0.29) is 18.9 Å². The first-order valence-electron chi connectivity index (χ1n) is 6.68. The number of nitrogens with zero attached hydrogens (tertiary/aromatic N) is 2. The van der Waals surface area contributed by atoms with Gasteiger partial charge in [-0.05, 0) is 31.5 Å². The number of nitriles is 1. The maximum atomic E-state index is 12.5. The first-order valence-corrected chi connectivity index (χ1v) is 7.56. The summed E-state index contributed by atoms with van der Waals surface area (Å²) in [5.41, 5.74) is 1.76. The maximum absolute atomic E-state index is 12.5. The predicted molar refractivity (Wildman–Crippen MR) is 80.0 cm³/mol. The van der Waals surface area contributed by atoms with Crippen molar-refractivity contribution in [3.63, 3.8) is 0 Å². The summed E-state index contributed by atoms with van der Waals surface area (Å²) in [4.78, 5) is 26.4. The fourth-order valence-electron chi connectivity index (χ4n) is 2.17. The lowest BCUT2D eigenvalue weighted by Gasteiger charge is -2.32. The average Bonchev–Trinajstić information content (AvgIpc) is 2.44. The van der Waals surface area contributed by atoms with Crippen LogP contribution in [0.4, 0.5) is 5.69 Å². The number of benzene rings is 1. The molecule has 0 N–H and O–H groups in total. The highest BCUT2D eigenvalue weighted by Crippen LogP contribution is 2.40. The minimum atomic E-state index is -0.535. The molecule has 0 saturated heterocycles. The van der Waals surface area contributed by atoms with Crippen LogP contribution in [0.1, 0.15) is 18.9 Å². The molecule has 1 aromatic rings. The molecule has 0 aliphatic carbocycles. The third-order valence-electron chi connectivity index (χ3n) is 3.10. The van der Waals surface area contributed by atoms with Gasteiger partial charge in [0.15, 0.2) is 0 Å². The van der Waals surface area contributed by atoms with Gasteiger partial charge in [0.25, 0.3) is 0 Å². The van der Waals surface area contributed by atoms with Crippen LogP contribution in [0.25, 0.3) is 0 Å². The number of carbonyl (C=O) groups is 2. The molecule has 1 aliphatic rings. The maximum Gasteiger partial charge on any atom is 0.307 e. The normalized spacial score (nSPS) is 17.1. The molecular formula is C15H16N2O3S. The first-order chi connectivity index (χ1) is 10.1. The van der Waals surface area contributed by atoms with Gasteiger partial charge in [0, 0.05) is 4.90 Å². The van der Waals surface area contributed by atoms with Gasteiger partial charge in [-0.1, -0.05) is 6.07 Å². The Morgan fingerprint density at radius 2 is 2.29 bits per heavy atom. The van der Waals surface area contributed by atoms with E-state index in [1.165, 1.54) is 16.7 Å². The Balaban J connectivity index is 2.29. The number of hydrogen-bond donors (Lipinski definition) is 0. The Morgan fingerprint density at radius 1 is 1.52 bits per heavy atom. The van der Waals surface area contributed by atoms with Crippen LogP contribution in [-0.2, 0) is 14.3 Å². The largest absolute Gasteiger partial charge is 0.466 e. The highest BCUT2D eigenvalue weighted by molar-refractivity contribution is 8.01. The molecule has 110 valence electrons. The van der Waals surface area contributed by atoms with Gasteiger partial charge in [-0.3, -0.25) is 14.5 Å². The number of rotatable bonds is 4. The molecule has 2 rings (SSSR count). The van der Waals surface area contributed by atoms with Crippen molar-refractivity contribution in [1.82, 2.24) is 0 Å². The molecule has 1 aliphatic heterocycles. The van der Waals surface area contributed by atoms with E-state index in [2.05, 4.69) is 0 Å². The van der Waals surface area contributed by atoms with Crippen LogP contribution in [0.3, 0.4) is 0 Å². The zero-order chi connectivity index (χ0) is 15.4. The van der Waals surface area contributed by atoms with E-state index >= 15 is 0 Å². The fraction of sp³-hybridized carbons (Fsp3) is 0.400. The molecule has 1 amide bonds. The molecule has 1 atom stereocenters. The number of ether oxygens (including phenoxy) is 1. The van der Waals surface area contributed by atoms with Crippen LogP contribution in [0, 0.1) is 18.3 Å². The zero-order valence-corrected chi connectivity index (χ0v) is 12.8. The van der Waals surface area contributed by atoms with Crippen molar-refractivity contribution in [2.45, 2.75) is 30.4 Å². The van der Waals surface area contributed by atoms with Crippen LogP contribution < -0.4 is 4.90 Å². The summed E-state index contributed by atoms with van der Waals surface area (Å²) in [6.45, 7) is 3.94. The van der Waals surface area contributed by atoms with Crippen LogP contribution in [0.15, 0.2) is 23.1 Å². The van der Waals surface area contributed by atoms with E-state index < -0.39 is 11.2 Å². The van der Waals surface area contributed by atoms with E-state index in [0.29, 0.717) is 6.61 Å². The SMILES string of the molecule is CCOC(=O)CC1Sc2ccc(C)cc2N(CC#N)C1=O. The molecular weight excluding hydrogens is 288 g/mol. The van der Waals surface area contributed by atoms with Crippen LogP contribution in [0.2, 0.25) is 0 Å². The van der Waals surface area contributed by atoms with Crippen molar-refractivity contribution < 1.29 is 14.3 Å². The molecule has 5 nitrogen and oxygen atoms in total. The second-order valence-corrected chi connectivity index (χ2v) is 5.91. The molecule has 0 saturated carbocycles. The van der Waals surface area contributed by atoms with Crippen molar-refractivity contribution in [2.75, 3.05) is 18.1 Å². The zero-order valence-electron chi connectivity index (χ0n) is 12.0. The number of amides is 1. The lowest BCUT2D eigenvalue weighted by molar-refractivity contribution is -0.144. The van der Waals surface area contributed by atoms with Gasteiger partial charge in [0.1, 0.15) is 6.54 Å². The third-order valence-corrected chi connectivity index (χ3v) is 4.35. The number of fused-ring (bicyclic) bond motifs is 1. The predicted octanol–water partition coefficient (Wildman–Crippen LogP) is 2.28. The molecule has 1 aromatic carbocycles. The first kappa shape index (κ1) is 15.4. The van der Waals surface area contributed by atoms with E-state index in [9.17, 15) is 9.59 Å². The summed E-state index contributed by atoms with van der Waals surface area (Å²) in [6, 6.07) is 7.77. The topological polar surface area (TPSA) is 70.4 Å². The van der Waals surface area contributed by atoms with Crippen molar-refractivity contribution in [1.29, 1.82) is 5.26 Å². The van der Waals surface area contributed by atoms with Crippen molar-refractivity contribution in [3.05, 3.63) is 23.8 Å². The quantitative estimate of drug-likeness (QED) is 0.630. The third kappa shape index (κ3) is 3.37. The number of thioether (sulfide) groups is 1. The average molecular weight is 304 g/mol. The summed E-state index contributed by atoms with van der Waals surface area (Å²) in [5, 5.41) is 8.41. The van der Waals surface area contributed by atoms with E-state index in [4.69, 9.17) is 10.00 Å². The van der Waals surface area contributed by atoms with Gasteiger partial charge >= 0.3 is 5.97 Å². The highest BCUT2D eigenvalue weighted by Gasteiger charge is 2.35. The summed E-state index contributed by atoms with van der Waals surface area (Å²) >= 11 is 1.36. The highest BCUT2D eigenvalue weighted by atomic mass is 32.2. The molecule has 0 fully saturated rings. The van der Waals surface area contributed by atoms with Crippen LogP contribution in [-0.4, -0.2) is 30.3 Å². The second-order valence-electron chi connectivity index (χ2n) is 4.67. The van der Waals surface area contributed by atoms with Crippen molar-refractivity contribution in [2.24, 2.45) is 0 Å². The molecule has 0 aromatic heterocycles.